The molecule has 0 aromatic heterocycles. The Morgan fingerprint density at radius 3 is 2.08 bits per heavy atom. The van der Waals surface area contributed by atoms with E-state index in [-0.39, 0.29) is 0 Å². The van der Waals surface area contributed by atoms with Crippen LogP contribution in [0.5, 0.6) is 11.5 Å². The number of nitrogens with one attached hydrogen (secondary N) is 2. The van der Waals surface area contributed by atoms with Crippen LogP contribution in [-0.2, 0) is 6.42 Å². The summed E-state index contributed by atoms with van der Waals surface area (Å²) < 4.78 is 11.7. The molecule has 0 saturated heterocycles. The molecule has 0 spiro atoms. The second kappa shape index (κ2) is 8.88. The van der Waals surface area contributed by atoms with E-state index in [1.807, 2.05) is 14.1 Å². The Balaban J connectivity index is 1.65. The summed E-state index contributed by atoms with van der Waals surface area (Å²) in [4.78, 5) is 0. The van der Waals surface area contributed by atoms with E-state index in [0.29, 0.717) is 0 Å². The maximum Gasteiger partial charge on any atom is 0.119 e. The summed E-state index contributed by atoms with van der Waals surface area (Å²) in [5, 5.41) is 6.28. The maximum atomic E-state index is 5.88. The number of ether oxygens (including phenoxy) is 2. The summed E-state index contributed by atoms with van der Waals surface area (Å²) in [5.74, 6) is 1.92. The predicted molar refractivity (Wildman–Crippen MR) is 103 cm³/mol. The van der Waals surface area contributed by atoms with Crippen LogP contribution in [0.15, 0.2) is 36.4 Å². The maximum absolute atomic E-state index is 5.88. The van der Waals surface area contributed by atoms with E-state index in [1.165, 1.54) is 22.3 Å². The van der Waals surface area contributed by atoms with Crippen LogP contribution in [0, 0.1) is 0 Å². The van der Waals surface area contributed by atoms with Crippen LogP contribution in [-0.4, -0.2) is 40.4 Å². The van der Waals surface area contributed by atoms with Crippen molar-refractivity contribution in [3.63, 3.8) is 0 Å². The minimum atomic E-state index is 0.742. The van der Waals surface area contributed by atoms with Crippen molar-refractivity contribution in [3.8, 4) is 22.6 Å². The van der Waals surface area contributed by atoms with E-state index in [0.717, 1.165) is 57.1 Å². The molecule has 3 rings (SSSR count). The zero-order valence-electron chi connectivity index (χ0n) is 15.2. The lowest BCUT2D eigenvalue weighted by atomic mass is 10.1. The Morgan fingerprint density at radius 2 is 1.40 bits per heavy atom. The van der Waals surface area contributed by atoms with Gasteiger partial charge in [-0.2, -0.15) is 0 Å². The van der Waals surface area contributed by atoms with Crippen molar-refractivity contribution in [1.82, 2.24) is 10.6 Å². The quantitative estimate of drug-likeness (QED) is 0.556. The van der Waals surface area contributed by atoms with Gasteiger partial charge in [-0.15, -0.1) is 0 Å². The summed E-state index contributed by atoms with van der Waals surface area (Å²) >= 11 is 0. The van der Waals surface area contributed by atoms with E-state index >= 15 is 0 Å². The van der Waals surface area contributed by atoms with E-state index < -0.39 is 0 Å². The van der Waals surface area contributed by atoms with Crippen LogP contribution in [0.2, 0.25) is 0 Å². The molecule has 134 valence electrons. The molecule has 0 atom stereocenters. The minimum absolute atomic E-state index is 0.742. The van der Waals surface area contributed by atoms with Crippen LogP contribution in [0.4, 0.5) is 0 Å². The first kappa shape index (κ1) is 17.8. The highest BCUT2D eigenvalue weighted by Gasteiger charge is 2.19. The van der Waals surface area contributed by atoms with Gasteiger partial charge in [0.15, 0.2) is 0 Å². The monoisotopic (exact) mass is 340 g/mol. The highest BCUT2D eigenvalue weighted by molar-refractivity contribution is 5.78. The van der Waals surface area contributed by atoms with Crippen LogP contribution in [0.1, 0.15) is 24.0 Å². The van der Waals surface area contributed by atoms with Gasteiger partial charge in [0.05, 0.1) is 13.2 Å². The van der Waals surface area contributed by atoms with Gasteiger partial charge in [-0.3, -0.25) is 0 Å². The molecule has 0 saturated carbocycles. The molecule has 2 aromatic carbocycles. The lowest BCUT2D eigenvalue weighted by Crippen LogP contribution is -2.11. The van der Waals surface area contributed by atoms with Crippen molar-refractivity contribution < 1.29 is 9.47 Å². The third kappa shape index (κ3) is 4.53. The van der Waals surface area contributed by atoms with Gasteiger partial charge in [-0.05, 0) is 93.0 Å². The molecule has 0 amide bonds. The Labute approximate surface area is 150 Å². The fraction of sp³-hybridized carbons (Fsp3) is 0.429. The smallest absolute Gasteiger partial charge is 0.119 e. The average molecular weight is 340 g/mol. The van der Waals surface area contributed by atoms with Crippen molar-refractivity contribution in [2.45, 2.75) is 19.3 Å². The highest BCUT2D eigenvalue weighted by atomic mass is 16.5. The molecule has 2 aromatic rings. The largest absolute Gasteiger partial charge is 0.494 e. The summed E-state index contributed by atoms with van der Waals surface area (Å²) in [6.07, 6.45) is 3.00. The highest BCUT2D eigenvalue weighted by Crippen LogP contribution is 2.40. The number of rotatable bonds is 10. The van der Waals surface area contributed by atoms with Crippen molar-refractivity contribution >= 4 is 0 Å². The van der Waals surface area contributed by atoms with Crippen molar-refractivity contribution in [1.29, 1.82) is 0 Å². The first-order valence-corrected chi connectivity index (χ1v) is 9.13. The van der Waals surface area contributed by atoms with E-state index in [2.05, 4.69) is 47.0 Å². The van der Waals surface area contributed by atoms with Gasteiger partial charge in [-0.1, -0.05) is 12.1 Å². The topological polar surface area (TPSA) is 42.5 Å². The summed E-state index contributed by atoms with van der Waals surface area (Å²) in [5.41, 5.74) is 5.31. The van der Waals surface area contributed by atoms with Crippen molar-refractivity contribution in [2.24, 2.45) is 0 Å². The molecular weight excluding hydrogens is 312 g/mol. The molecule has 0 aliphatic heterocycles. The Bertz CT molecular complexity index is 700. The SMILES string of the molecule is CNCCCOc1ccc2c(c1)Cc1ccc(OCCCNC)cc1-2. The first-order chi connectivity index (χ1) is 12.3. The normalized spacial score (nSPS) is 11.9. The van der Waals surface area contributed by atoms with Crippen molar-refractivity contribution in [2.75, 3.05) is 40.4 Å². The van der Waals surface area contributed by atoms with Gasteiger partial charge in [-0.25, -0.2) is 0 Å². The summed E-state index contributed by atoms with van der Waals surface area (Å²) in [6.45, 7) is 3.45. The fourth-order valence-corrected chi connectivity index (χ4v) is 3.20. The Kier molecular flexibility index (Phi) is 6.31. The summed E-state index contributed by atoms with van der Waals surface area (Å²) in [7, 11) is 3.93. The fourth-order valence-electron chi connectivity index (χ4n) is 3.20. The van der Waals surface area contributed by atoms with Crippen LogP contribution in [0.3, 0.4) is 0 Å². The zero-order chi connectivity index (χ0) is 17.5. The molecule has 1 aliphatic carbocycles. The minimum Gasteiger partial charge on any atom is -0.494 e. The van der Waals surface area contributed by atoms with Crippen LogP contribution >= 0.6 is 0 Å². The molecule has 1 aliphatic rings. The second-order valence-electron chi connectivity index (χ2n) is 6.43. The lowest BCUT2D eigenvalue weighted by Gasteiger charge is -2.09. The molecule has 4 nitrogen and oxygen atoms in total. The van der Waals surface area contributed by atoms with Crippen molar-refractivity contribution in [3.05, 3.63) is 47.5 Å². The molecule has 0 bridgehead atoms. The predicted octanol–water partition coefficient (Wildman–Crippen LogP) is 3.23. The van der Waals surface area contributed by atoms with Gasteiger partial charge in [0.1, 0.15) is 11.5 Å². The third-order valence-electron chi connectivity index (χ3n) is 4.51. The molecule has 0 unspecified atom stereocenters. The molecule has 0 radical (unpaired) electrons. The standard InChI is InChI=1S/C21H28N2O2/c1-22-9-3-11-24-18-7-8-20-17(14-18)13-16-5-6-19(15-21(16)20)25-12-4-10-23-2/h5-8,14-15,22-23H,3-4,9-13H2,1-2H3. The number of hydrogen-bond donors (Lipinski definition) is 2. The Morgan fingerprint density at radius 1 is 0.760 bits per heavy atom. The number of benzene rings is 2. The molecule has 0 heterocycles. The average Bonchev–Trinajstić information content (AvgIpc) is 2.99. The van der Waals surface area contributed by atoms with E-state index in [4.69, 9.17) is 9.47 Å². The van der Waals surface area contributed by atoms with Gasteiger partial charge >= 0.3 is 0 Å². The molecule has 25 heavy (non-hydrogen) atoms. The van der Waals surface area contributed by atoms with Gasteiger partial charge < -0.3 is 20.1 Å². The molecule has 4 heteroatoms. The third-order valence-corrected chi connectivity index (χ3v) is 4.51. The van der Waals surface area contributed by atoms with Gasteiger partial charge in [0, 0.05) is 0 Å². The molecule has 0 fully saturated rings. The summed E-state index contributed by atoms with van der Waals surface area (Å²) in [6, 6.07) is 12.9. The Hall–Kier alpha value is -2.04. The van der Waals surface area contributed by atoms with E-state index in [9.17, 15) is 0 Å². The van der Waals surface area contributed by atoms with Gasteiger partial charge in [0.2, 0.25) is 0 Å². The zero-order valence-corrected chi connectivity index (χ0v) is 15.2. The second-order valence-corrected chi connectivity index (χ2v) is 6.43. The molecule has 2 N–H and O–H groups in total. The lowest BCUT2D eigenvalue weighted by molar-refractivity contribution is 0.309. The van der Waals surface area contributed by atoms with Crippen LogP contribution in [0.25, 0.3) is 11.1 Å². The number of fused-ring (bicyclic) bond motifs is 3. The van der Waals surface area contributed by atoms with Gasteiger partial charge in [0.25, 0.3) is 0 Å². The first-order valence-electron chi connectivity index (χ1n) is 9.13. The van der Waals surface area contributed by atoms with E-state index in [1.54, 1.807) is 0 Å². The number of hydrogen-bond acceptors (Lipinski definition) is 4. The van der Waals surface area contributed by atoms with Crippen LogP contribution < -0.4 is 20.1 Å². The molecular formula is C21H28N2O2.